The van der Waals surface area contributed by atoms with E-state index in [1.807, 2.05) is 32.0 Å². The Bertz CT molecular complexity index is 1070. The Kier molecular flexibility index (Phi) is 4.95. The number of hydrogen-bond acceptors (Lipinski definition) is 5. The highest BCUT2D eigenvalue weighted by molar-refractivity contribution is 6.36. The molecule has 1 saturated heterocycles. The van der Waals surface area contributed by atoms with Gasteiger partial charge < -0.3 is 19.5 Å². The monoisotopic (exact) mass is 424 g/mol. The van der Waals surface area contributed by atoms with Crippen molar-refractivity contribution in [2.24, 2.45) is 0 Å². The summed E-state index contributed by atoms with van der Waals surface area (Å²) in [6, 6.07) is 10.1. The van der Waals surface area contributed by atoms with Crippen LogP contribution in [0.2, 0.25) is 0 Å². The largest absolute Gasteiger partial charge is 0.492 e. The predicted octanol–water partition coefficient (Wildman–Crippen LogP) is 3.62. The van der Waals surface area contributed by atoms with Crippen LogP contribution in [0, 0.1) is 5.82 Å². The molecule has 5 rings (SSSR count). The lowest BCUT2D eigenvalue weighted by molar-refractivity contribution is -0.110. The Hall–Kier alpha value is -2.90. The van der Waals surface area contributed by atoms with Gasteiger partial charge in [-0.05, 0) is 50.2 Å². The first kappa shape index (κ1) is 20.0. The van der Waals surface area contributed by atoms with Gasteiger partial charge in [0.05, 0.1) is 18.8 Å². The number of carbonyl (C=O) groups excluding carboxylic acids is 1. The summed E-state index contributed by atoms with van der Waals surface area (Å²) in [5, 5.41) is 2.80. The number of nitrogens with zero attached hydrogens (tertiary/aromatic N) is 1. The van der Waals surface area contributed by atoms with Crippen molar-refractivity contribution in [2.45, 2.75) is 19.4 Å². The molecule has 162 valence electrons. The van der Waals surface area contributed by atoms with Crippen molar-refractivity contribution in [3.63, 3.8) is 0 Å². The third-order valence-electron chi connectivity index (χ3n) is 5.97. The second-order valence-electron chi connectivity index (χ2n) is 8.47. The quantitative estimate of drug-likeness (QED) is 0.760. The molecule has 31 heavy (non-hydrogen) atoms. The normalized spacial score (nSPS) is 22.0. The number of halogens is 1. The summed E-state index contributed by atoms with van der Waals surface area (Å²) >= 11 is 0. The molecule has 1 amide bonds. The number of rotatable bonds is 4. The van der Waals surface area contributed by atoms with E-state index in [0.717, 1.165) is 49.7 Å². The summed E-state index contributed by atoms with van der Waals surface area (Å²) in [7, 11) is 0. The van der Waals surface area contributed by atoms with Gasteiger partial charge in [0, 0.05) is 42.0 Å². The molecule has 3 aliphatic rings. The lowest BCUT2D eigenvalue weighted by Gasteiger charge is -2.26. The third-order valence-corrected chi connectivity index (χ3v) is 5.97. The molecule has 0 aromatic heterocycles. The van der Waals surface area contributed by atoms with Crippen LogP contribution in [0.25, 0.3) is 11.3 Å². The lowest BCUT2D eigenvalue weighted by atomic mass is 9.94. The highest BCUT2D eigenvalue weighted by atomic mass is 19.1. The lowest BCUT2D eigenvalue weighted by Crippen LogP contribution is -2.38. The van der Waals surface area contributed by atoms with Crippen LogP contribution < -0.4 is 10.1 Å². The molecule has 0 aliphatic carbocycles. The van der Waals surface area contributed by atoms with E-state index in [1.165, 1.54) is 12.1 Å². The van der Waals surface area contributed by atoms with Crippen LogP contribution in [-0.2, 0) is 19.9 Å². The zero-order valence-corrected chi connectivity index (χ0v) is 17.7. The van der Waals surface area contributed by atoms with Gasteiger partial charge in [-0.15, -0.1) is 0 Å². The number of hydrogen-bond donors (Lipinski definition) is 1. The van der Waals surface area contributed by atoms with Gasteiger partial charge in [-0.25, -0.2) is 4.39 Å². The second-order valence-corrected chi connectivity index (χ2v) is 8.47. The zero-order chi connectivity index (χ0) is 21.6. The number of anilines is 1. The molecule has 0 spiro atoms. The van der Waals surface area contributed by atoms with Gasteiger partial charge in [-0.2, -0.15) is 0 Å². The molecule has 0 bridgehead atoms. The number of morpholine rings is 1. The number of fused-ring (bicyclic) bond motifs is 2. The van der Waals surface area contributed by atoms with Crippen LogP contribution in [0.15, 0.2) is 36.4 Å². The fourth-order valence-electron chi connectivity index (χ4n) is 4.34. The van der Waals surface area contributed by atoms with Crippen LogP contribution in [0.5, 0.6) is 5.75 Å². The average Bonchev–Trinajstić information content (AvgIpc) is 3.20. The van der Waals surface area contributed by atoms with E-state index in [2.05, 4.69) is 10.2 Å². The summed E-state index contributed by atoms with van der Waals surface area (Å²) in [4.78, 5) is 15.0. The highest BCUT2D eigenvalue weighted by Gasteiger charge is 2.40. The van der Waals surface area contributed by atoms with E-state index in [9.17, 15) is 9.18 Å². The maximum absolute atomic E-state index is 13.9. The van der Waals surface area contributed by atoms with E-state index < -0.39 is 11.4 Å². The smallest absolute Gasteiger partial charge is 0.260 e. The molecule has 2 aromatic carbocycles. The standard InChI is InChI=1S/C24H25FN2O4/c1-24(2)19-14-16(30-12-9-27-7-10-29-11-8-27)4-5-17(19)22(31-24)21-18-13-15(25)3-6-20(18)26-23(21)28/h3-6,13-14H,7-12H2,1-2H3,(H,26,28). The fourth-order valence-corrected chi connectivity index (χ4v) is 4.34. The van der Waals surface area contributed by atoms with Crippen molar-refractivity contribution in [3.05, 3.63) is 58.9 Å². The topological polar surface area (TPSA) is 60.0 Å². The van der Waals surface area contributed by atoms with Gasteiger partial charge in [0.2, 0.25) is 0 Å². The van der Waals surface area contributed by atoms with Crippen LogP contribution in [-0.4, -0.2) is 50.3 Å². The molecule has 7 heteroatoms. The number of amides is 1. The Labute approximate surface area is 180 Å². The zero-order valence-electron chi connectivity index (χ0n) is 17.7. The van der Waals surface area contributed by atoms with E-state index in [-0.39, 0.29) is 5.91 Å². The van der Waals surface area contributed by atoms with E-state index in [0.29, 0.717) is 29.2 Å². The number of ether oxygens (including phenoxy) is 3. The minimum absolute atomic E-state index is 0.287. The second kappa shape index (κ2) is 7.66. The molecular formula is C24H25FN2O4. The summed E-state index contributed by atoms with van der Waals surface area (Å²) in [6.45, 7) is 8.73. The molecule has 6 nitrogen and oxygen atoms in total. The minimum Gasteiger partial charge on any atom is -0.492 e. The summed E-state index contributed by atoms with van der Waals surface area (Å²) < 4.78 is 31.5. The van der Waals surface area contributed by atoms with E-state index in [4.69, 9.17) is 14.2 Å². The van der Waals surface area contributed by atoms with Gasteiger partial charge in [0.15, 0.2) is 0 Å². The molecule has 3 heterocycles. The number of benzene rings is 2. The van der Waals surface area contributed by atoms with Gasteiger partial charge >= 0.3 is 0 Å². The van der Waals surface area contributed by atoms with Gasteiger partial charge in [-0.1, -0.05) is 0 Å². The van der Waals surface area contributed by atoms with Gasteiger partial charge in [0.25, 0.3) is 5.91 Å². The number of nitrogens with one attached hydrogen (secondary N) is 1. The van der Waals surface area contributed by atoms with Crippen molar-refractivity contribution in [1.82, 2.24) is 4.90 Å². The van der Waals surface area contributed by atoms with Crippen LogP contribution in [0.4, 0.5) is 10.1 Å². The molecule has 0 saturated carbocycles. The summed E-state index contributed by atoms with van der Waals surface area (Å²) in [6.07, 6.45) is 0. The maximum atomic E-state index is 13.9. The first-order valence-electron chi connectivity index (χ1n) is 10.5. The maximum Gasteiger partial charge on any atom is 0.260 e. The van der Waals surface area contributed by atoms with E-state index >= 15 is 0 Å². The van der Waals surface area contributed by atoms with Crippen LogP contribution >= 0.6 is 0 Å². The van der Waals surface area contributed by atoms with Crippen LogP contribution in [0.3, 0.4) is 0 Å². The first-order chi connectivity index (χ1) is 14.9. The fraction of sp³-hybridized carbons (Fsp3) is 0.375. The van der Waals surface area contributed by atoms with Crippen molar-refractivity contribution in [1.29, 1.82) is 0 Å². The van der Waals surface area contributed by atoms with E-state index in [1.54, 1.807) is 6.07 Å². The van der Waals surface area contributed by atoms with Crippen molar-refractivity contribution >= 4 is 22.9 Å². The minimum atomic E-state index is -0.641. The van der Waals surface area contributed by atoms with Gasteiger partial charge in [0.1, 0.15) is 29.5 Å². The Balaban J connectivity index is 1.43. The molecule has 3 aliphatic heterocycles. The Morgan fingerprint density at radius 1 is 1.13 bits per heavy atom. The summed E-state index contributed by atoms with van der Waals surface area (Å²) in [5.74, 6) is 0.555. The van der Waals surface area contributed by atoms with Crippen LogP contribution in [0.1, 0.15) is 30.5 Å². The molecule has 0 unspecified atom stereocenters. The molecule has 1 fully saturated rings. The first-order valence-corrected chi connectivity index (χ1v) is 10.5. The third kappa shape index (κ3) is 3.68. The van der Waals surface area contributed by atoms with Crippen molar-refractivity contribution in [2.75, 3.05) is 44.8 Å². The molecule has 2 aromatic rings. The average molecular weight is 424 g/mol. The molecule has 0 atom stereocenters. The van der Waals surface area contributed by atoms with Gasteiger partial charge in [-0.3, -0.25) is 9.69 Å². The number of carbonyl (C=O) groups is 1. The molecular weight excluding hydrogens is 399 g/mol. The van der Waals surface area contributed by atoms with Crippen molar-refractivity contribution < 1.29 is 23.4 Å². The van der Waals surface area contributed by atoms with Crippen molar-refractivity contribution in [3.8, 4) is 5.75 Å². The summed E-state index contributed by atoms with van der Waals surface area (Å²) in [5.41, 5.74) is 2.60. The SMILES string of the molecule is CC1(C)OC(=C2C(=O)Nc3ccc(F)cc32)c2ccc(OCCN3CCOCC3)cc21. The molecule has 0 radical (unpaired) electrons. The highest BCUT2D eigenvalue weighted by Crippen LogP contribution is 2.49. The predicted molar refractivity (Wildman–Crippen MR) is 115 cm³/mol. The Morgan fingerprint density at radius 3 is 2.74 bits per heavy atom. The molecule has 1 N–H and O–H groups in total. The Morgan fingerprint density at radius 2 is 1.94 bits per heavy atom.